The zero-order chi connectivity index (χ0) is 20.3. The van der Waals surface area contributed by atoms with E-state index in [0.717, 1.165) is 5.56 Å². The van der Waals surface area contributed by atoms with Crippen LogP contribution in [0, 0.1) is 11.6 Å². The van der Waals surface area contributed by atoms with Gasteiger partial charge in [-0.2, -0.15) is 5.10 Å². The minimum atomic E-state index is -1.20. The summed E-state index contributed by atoms with van der Waals surface area (Å²) in [6, 6.07) is 11.8. The Hall–Kier alpha value is -3.26. The fourth-order valence-corrected chi connectivity index (χ4v) is 2.72. The van der Waals surface area contributed by atoms with E-state index < -0.39 is 23.4 Å². The molecule has 1 aromatic heterocycles. The molecular weight excluding hydrogens is 390 g/mol. The largest absolute Gasteiger partial charge is 0.344 e. The van der Waals surface area contributed by atoms with Crippen molar-refractivity contribution in [2.24, 2.45) is 0 Å². The summed E-state index contributed by atoms with van der Waals surface area (Å²) in [5, 5.41) is 11.3. The highest BCUT2D eigenvalue weighted by molar-refractivity contribution is 6.34. The lowest BCUT2D eigenvalue weighted by atomic mass is 10.1. The van der Waals surface area contributed by atoms with Crippen LogP contribution in [-0.2, 0) is 0 Å². The van der Waals surface area contributed by atoms with E-state index in [-0.39, 0.29) is 28.1 Å². The van der Waals surface area contributed by atoms with Gasteiger partial charge in [-0.15, -0.1) is 0 Å². The van der Waals surface area contributed by atoms with Gasteiger partial charge in [0.15, 0.2) is 17.3 Å². The zero-order valence-corrected chi connectivity index (χ0v) is 15.3. The van der Waals surface area contributed by atoms with Crippen LogP contribution in [0.4, 0.5) is 14.6 Å². The predicted octanol–water partition coefficient (Wildman–Crippen LogP) is 4.08. The number of halogens is 3. The number of rotatable bonds is 5. The average Bonchev–Trinajstić information content (AvgIpc) is 3.14. The molecule has 2 amide bonds. The normalized spacial score (nSPS) is 11.7. The molecule has 0 radical (unpaired) electrons. The Morgan fingerprint density at radius 1 is 1.07 bits per heavy atom. The number of nitrogens with zero attached hydrogens (tertiary/aromatic N) is 1. The van der Waals surface area contributed by atoms with Crippen LogP contribution in [0.25, 0.3) is 0 Å². The van der Waals surface area contributed by atoms with Crippen LogP contribution in [0.15, 0.2) is 48.5 Å². The standard InChI is InChI=1S/C19H15ClF2N4O2/c1-10(11-5-3-2-4-6-11)23-19(28)16-9-17(26-25-16)24-18(27)12-7-14(21)15(22)8-13(12)20/h2-10H,1H3,(H,23,28)(H2,24,25,26,27)/t10-/m1/s1. The van der Waals surface area contributed by atoms with E-state index in [2.05, 4.69) is 20.8 Å². The van der Waals surface area contributed by atoms with Gasteiger partial charge in [0.25, 0.3) is 11.8 Å². The predicted molar refractivity (Wildman–Crippen MR) is 100 cm³/mol. The highest BCUT2D eigenvalue weighted by Crippen LogP contribution is 2.21. The maximum Gasteiger partial charge on any atom is 0.272 e. The summed E-state index contributed by atoms with van der Waals surface area (Å²) in [6.07, 6.45) is 0. The summed E-state index contributed by atoms with van der Waals surface area (Å²) >= 11 is 5.78. The fourth-order valence-electron chi connectivity index (χ4n) is 2.48. The Balaban J connectivity index is 1.68. The van der Waals surface area contributed by atoms with Crippen LogP contribution in [0.2, 0.25) is 5.02 Å². The molecular formula is C19H15ClF2N4O2. The zero-order valence-electron chi connectivity index (χ0n) is 14.6. The summed E-state index contributed by atoms with van der Waals surface area (Å²) in [6.45, 7) is 1.83. The molecule has 0 saturated heterocycles. The summed E-state index contributed by atoms with van der Waals surface area (Å²) in [7, 11) is 0. The third-order valence-electron chi connectivity index (χ3n) is 3.96. The Morgan fingerprint density at radius 3 is 2.46 bits per heavy atom. The number of nitrogens with one attached hydrogen (secondary N) is 3. The second-order valence-corrected chi connectivity index (χ2v) is 6.38. The molecule has 1 heterocycles. The topological polar surface area (TPSA) is 86.9 Å². The fraction of sp³-hybridized carbons (Fsp3) is 0.105. The first-order valence-electron chi connectivity index (χ1n) is 8.22. The summed E-state index contributed by atoms with van der Waals surface area (Å²) in [5.41, 5.74) is 0.723. The molecule has 0 unspecified atom stereocenters. The van der Waals surface area contributed by atoms with Crippen LogP contribution < -0.4 is 10.6 Å². The first kappa shape index (κ1) is 19.5. The summed E-state index contributed by atoms with van der Waals surface area (Å²) < 4.78 is 26.5. The van der Waals surface area contributed by atoms with Gasteiger partial charge >= 0.3 is 0 Å². The molecule has 0 aliphatic carbocycles. The first-order chi connectivity index (χ1) is 13.3. The van der Waals surface area contributed by atoms with Crippen molar-refractivity contribution in [1.29, 1.82) is 0 Å². The van der Waals surface area contributed by atoms with E-state index in [4.69, 9.17) is 11.6 Å². The number of carbonyl (C=O) groups excluding carboxylic acids is 2. The molecule has 1 atom stereocenters. The first-order valence-corrected chi connectivity index (χ1v) is 8.60. The van der Waals surface area contributed by atoms with E-state index >= 15 is 0 Å². The Bertz CT molecular complexity index is 1020. The van der Waals surface area contributed by atoms with Crippen LogP contribution in [0.5, 0.6) is 0 Å². The number of amides is 2. The van der Waals surface area contributed by atoms with Crippen LogP contribution in [-0.4, -0.2) is 22.0 Å². The molecule has 2 aromatic carbocycles. The highest BCUT2D eigenvalue weighted by atomic mass is 35.5. The van der Waals surface area contributed by atoms with E-state index in [9.17, 15) is 18.4 Å². The van der Waals surface area contributed by atoms with Gasteiger partial charge in [-0.1, -0.05) is 41.9 Å². The number of hydrogen-bond acceptors (Lipinski definition) is 3. The number of anilines is 1. The quantitative estimate of drug-likeness (QED) is 0.560. The van der Waals surface area contributed by atoms with Crippen molar-refractivity contribution in [3.05, 3.63) is 82.0 Å². The van der Waals surface area contributed by atoms with E-state index in [1.54, 1.807) is 0 Å². The van der Waals surface area contributed by atoms with Crippen LogP contribution >= 0.6 is 11.6 Å². The number of aromatic nitrogens is 2. The number of carbonyl (C=O) groups is 2. The minimum absolute atomic E-state index is 0.0504. The van der Waals surface area contributed by atoms with Gasteiger partial charge in [-0.05, 0) is 24.6 Å². The molecule has 0 spiro atoms. The molecule has 3 N–H and O–H groups in total. The molecule has 3 aromatic rings. The lowest BCUT2D eigenvalue weighted by Crippen LogP contribution is -2.26. The number of H-pyrrole nitrogens is 1. The Kier molecular flexibility index (Phi) is 5.70. The summed E-state index contributed by atoms with van der Waals surface area (Å²) in [4.78, 5) is 24.5. The third-order valence-corrected chi connectivity index (χ3v) is 4.27. The van der Waals surface area contributed by atoms with Crippen LogP contribution in [0.3, 0.4) is 0 Å². The van der Waals surface area contributed by atoms with E-state index in [1.807, 2.05) is 37.3 Å². The minimum Gasteiger partial charge on any atom is -0.344 e. The van der Waals surface area contributed by atoms with Gasteiger partial charge in [0.2, 0.25) is 0 Å². The van der Waals surface area contributed by atoms with E-state index in [1.165, 1.54) is 6.07 Å². The van der Waals surface area contributed by atoms with Gasteiger partial charge in [-0.25, -0.2) is 8.78 Å². The van der Waals surface area contributed by atoms with Gasteiger partial charge in [0.05, 0.1) is 16.6 Å². The molecule has 0 bridgehead atoms. The van der Waals surface area contributed by atoms with Gasteiger partial charge in [0, 0.05) is 6.07 Å². The summed E-state index contributed by atoms with van der Waals surface area (Å²) in [5.74, 6) is -3.48. The molecule has 0 aliphatic heterocycles. The average molecular weight is 405 g/mol. The van der Waals surface area contributed by atoms with Gasteiger partial charge < -0.3 is 10.6 Å². The van der Waals surface area contributed by atoms with Crippen molar-refractivity contribution < 1.29 is 18.4 Å². The van der Waals surface area contributed by atoms with Crippen molar-refractivity contribution in [3.63, 3.8) is 0 Å². The molecule has 144 valence electrons. The van der Waals surface area contributed by atoms with Crippen molar-refractivity contribution in [2.75, 3.05) is 5.32 Å². The second kappa shape index (κ2) is 8.18. The SMILES string of the molecule is C[C@@H](NC(=O)c1cc(NC(=O)c2cc(F)c(F)cc2Cl)[nH]n1)c1ccccc1. The Labute approximate surface area is 163 Å². The van der Waals surface area contributed by atoms with Crippen molar-refractivity contribution in [1.82, 2.24) is 15.5 Å². The highest BCUT2D eigenvalue weighted by Gasteiger charge is 2.18. The smallest absolute Gasteiger partial charge is 0.272 e. The number of aromatic amines is 1. The lowest BCUT2D eigenvalue weighted by molar-refractivity contribution is 0.0934. The maximum absolute atomic E-state index is 13.3. The maximum atomic E-state index is 13.3. The molecule has 0 aliphatic rings. The van der Waals surface area contributed by atoms with E-state index in [0.29, 0.717) is 12.1 Å². The molecule has 28 heavy (non-hydrogen) atoms. The second-order valence-electron chi connectivity index (χ2n) is 5.97. The molecule has 9 heteroatoms. The molecule has 6 nitrogen and oxygen atoms in total. The molecule has 3 rings (SSSR count). The number of benzene rings is 2. The molecule has 0 fully saturated rings. The number of hydrogen-bond donors (Lipinski definition) is 3. The Morgan fingerprint density at radius 2 is 1.75 bits per heavy atom. The van der Waals surface area contributed by atoms with Gasteiger partial charge in [-0.3, -0.25) is 14.7 Å². The van der Waals surface area contributed by atoms with Gasteiger partial charge in [0.1, 0.15) is 5.82 Å². The monoisotopic (exact) mass is 404 g/mol. The third kappa shape index (κ3) is 4.34. The van der Waals surface area contributed by atoms with Crippen molar-refractivity contribution in [3.8, 4) is 0 Å². The van der Waals surface area contributed by atoms with Crippen molar-refractivity contribution >= 4 is 29.2 Å². The lowest BCUT2D eigenvalue weighted by Gasteiger charge is -2.12. The van der Waals surface area contributed by atoms with Crippen LogP contribution in [0.1, 0.15) is 39.4 Å². The van der Waals surface area contributed by atoms with Crippen molar-refractivity contribution in [2.45, 2.75) is 13.0 Å². The molecule has 0 saturated carbocycles.